The van der Waals surface area contributed by atoms with Crippen LogP contribution in [0, 0.1) is 0 Å². The molecule has 0 bridgehead atoms. The van der Waals surface area contributed by atoms with E-state index in [1.807, 2.05) is 0 Å². The SMILES string of the molecule is O=C1OC(Nc2ccc(Cl)cc2C(F)(F)F)c2ccccc21. The molecule has 1 aliphatic rings. The van der Waals surface area contributed by atoms with E-state index in [1.165, 1.54) is 12.1 Å². The number of nitrogens with one attached hydrogen (secondary N) is 1. The van der Waals surface area contributed by atoms with E-state index >= 15 is 0 Å². The summed E-state index contributed by atoms with van der Waals surface area (Å²) < 4.78 is 44.3. The predicted octanol–water partition coefficient (Wildman–Crippen LogP) is 4.64. The minimum atomic E-state index is -4.57. The summed E-state index contributed by atoms with van der Waals surface area (Å²) in [6, 6.07) is 9.90. The van der Waals surface area contributed by atoms with Crippen molar-refractivity contribution in [1.82, 2.24) is 0 Å². The maximum absolute atomic E-state index is 13.1. The number of cyclic esters (lactones) is 1. The number of halogens is 4. The molecule has 0 aromatic heterocycles. The third kappa shape index (κ3) is 2.62. The molecule has 1 heterocycles. The highest BCUT2D eigenvalue weighted by molar-refractivity contribution is 6.30. The van der Waals surface area contributed by atoms with E-state index in [2.05, 4.69) is 5.32 Å². The van der Waals surface area contributed by atoms with E-state index in [1.54, 1.807) is 24.3 Å². The Hall–Kier alpha value is -2.21. The zero-order chi connectivity index (χ0) is 15.9. The van der Waals surface area contributed by atoms with Gasteiger partial charge in [0.05, 0.1) is 11.1 Å². The summed E-state index contributed by atoms with van der Waals surface area (Å²) in [6.07, 6.45) is -5.54. The van der Waals surface area contributed by atoms with Gasteiger partial charge in [-0.1, -0.05) is 29.8 Å². The fourth-order valence-electron chi connectivity index (χ4n) is 2.27. The molecular formula is C15H9ClF3NO2. The molecule has 1 atom stereocenters. The molecule has 0 saturated heterocycles. The van der Waals surface area contributed by atoms with Crippen LogP contribution in [-0.4, -0.2) is 5.97 Å². The van der Waals surface area contributed by atoms with Crippen molar-refractivity contribution < 1.29 is 22.7 Å². The van der Waals surface area contributed by atoms with E-state index in [4.69, 9.17) is 16.3 Å². The normalized spacial score (nSPS) is 17.1. The van der Waals surface area contributed by atoms with E-state index < -0.39 is 23.9 Å². The monoisotopic (exact) mass is 327 g/mol. The van der Waals surface area contributed by atoms with Gasteiger partial charge < -0.3 is 10.1 Å². The molecule has 7 heteroatoms. The summed E-state index contributed by atoms with van der Waals surface area (Å²) in [5, 5.41) is 2.58. The molecule has 1 N–H and O–H groups in total. The van der Waals surface area contributed by atoms with E-state index in [0.29, 0.717) is 11.1 Å². The Bertz CT molecular complexity index is 746. The average Bonchev–Trinajstić information content (AvgIpc) is 2.77. The predicted molar refractivity (Wildman–Crippen MR) is 74.7 cm³/mol. The first-order valence-corrected chi connectivity index (χ1v) is 6.67. The van der Waals surface area contributed by atoms with Gasteiger partial charge in [-0.25, -0.2) is 4.79 Å². The lowest BCUT2D eigenvalue weighted by Crippen LogP contribution is -2.15. The summed E-state index contributed by atoms with van der Waals surface area (Å²) in [6.45, 7) is 0. The molecule has 0 radical (unpaired) electrons. The molecule has 0 spiro atoms. The summed E-state index contributed by atoms with van der Waals surface area (Å²) in [7, 11) is 0. The molecule has 22 heavy (non-hydrogen) atoms. The first-order valence-electron chi connectivity index (χ1n) is 6.29. The number of benzene rings is 2. The Morgan fingerprint density at radius 2 is 1.86 bits per heavy atom. The molecule has 0 fully saturated rings. The largest absolute Gasteiger partial charge is 0.434 e. The van der Waals surface area contributed by atoms with Gasteiger partial charge in [-0.05, 0) is 24.3 Å². The quantitative estimate of drug-likeness (QED) is 0.817. The lowest BCUT2D eigenvalue weighted by Gasteiger charge is -2.19. The summed E-state index contributed by atoms with van der Waals surface area (Å²) in [5.74, 6) is -0.573. The van der Waals surface area contributed by atoms with Gasteiger partial charge in [-0.3, -0.25) is 0 Å². The van der Waals surface area contributed by atoms with Crippen LogP contribution in [0.5, 0.6) is 0 Å². The number of ether oxygens (including phenoxy) is 1. The summed E-state index contributed by atoms with van der Waals surface area (Å²) >= 11 is 5.63. The van der Waals surface area contributed by atoms with Crippen molar-refractivity contribution in [3.63, 3.8) is 0 Å². The summed E-state index contributed by atoms with van der Waals surface area (Å²) in [4.78, 5) is 11.7. The van der Waals surface area contributed by atoms with Crippen molar-refractivity contribution in [1.29, 1.82) is 0 Å². The van der Waals surface area contributed by atoms with Gasteiger partial charge in [0, 0.05) is 16.3 Å². The molecule has 2 aromatic carbocycles. The lowest BCUT2D eigenvalue weighted by molar-refractivity contribution is -0.137. The van der Waals surface area contributed by atoms with Gasteiger partial charge in [-0.15, -0.1) is 0 Å². The Balaban J connectivity index is 1.97. The minimum Gasteiger partial charge on any atom is -0.434 e. The van der Waals surface area contributed by atoms with Crippen LogP contribution in [0.4, 0.5) is 18.9 Å². The average molecular weight is 328 g/mol. The van der Waals surface area contributed by atoms with Crippen LogP contribution < -0.4 is 5.32 Å². The number of alkyl halides is 3. The zero-order valence-corrected chi connectivity index (χ0v) is 11.7. The van der Waals surface area contributed by atoms with Gasteiger partial charge in [0.15, 0.2) is 0 Å². The number of fused-ring (bicyclic) bond motifs is 1. The van der Waals surface area contributed by atoms with E-state index in [-0.39, 0.29) is 10.7 Å². The number of rotatable bonds is 2. The van der Waals surface area contributed by atoms with Crippen LogP contribution in [0.2, 0.25) is 5.02 Å². The molecule has 0 aliphatic carbocycles. The van der Waals surface area contributed by atoms with Crippen LogP contribution in [-0.2, 0) is 10.9 Å². The number of esters is 1. The molecule has 3 nitrogen and oxygen atoms in total. The van der Waals surface area contributed by atoms with Crippen LogP contribution >= 0.6 is 11.6 Å². The molecular weight excluding hydrogens is 319 g/mol. The summed E-state index contributed by atoms with van der Waals surface area (Å²) in [5.41, 5.74) is -0.287. The van der Waals surface area contributed by atoms with Crippen molar-refractivity contribution in [2.24, 2.45) is 0 Å². The smallest absolute Gasteiger partial charge is 0.418 e. The third-order valence-electron chi connectivity index (χ3n) is 3.26. The van der Waals surface area contributed by atoms with Crippen molar-refractivity contribution in [3.05, 3.63) is 64.2 Å². The van der Waals surface area contributed by atoms with Crippen LogP contribution in [0.15, 0.2) is 42.5 Å². The minimum absolute atomic E-state index is 0.0262. The Morgan fingerprint density at radius 1 is 1.14 bits per heavy atom. The van der Waals surface area contributed by atoms with Gasteiger partial charge in [0.25, 0.3) is 0 Å². The van der Waals surface area contributed by atoms with Gasteiger partial charge in [0.1, 0.15) is 0 Å². The molecule has 1 aliphatic heterocycles. The van der Waals surface area contributed by atoms with Gasteiger partial charge in [0.2, 0.25) is 6.23 Å². The van der Waals surface area contributed by atoms with Gasteiger partial charge >= 0.3 is 12.1 Å². The number of carbonyl (C=O) groups is 1. The Morgan fingerprint density at radius 3 is 2.59 bits per heavy atom. The Kier molecular flexibility index (Phi) is 3.48. The zero-order valence-electron chi connectivity index (χ0n) is 10.9. The topological polar surface area (TPSA) is 38.3 Å². The molecule has 1 unspecified atom stereocenters. The molecule has 3 rings (SSSR count). The number of hydrogen-bond donors (Lipinski definition) is 1. The second kappa shape index (κ2) is 5.21. The highest BCUT2D eigenvalue weighted by Crippen LogP contribution is 2.39. The van der Waals surface area contributed by atoms with Crippen LogP contribution in [0.1, 0.15) is 27.7 Å². The molecule has 0 saturated carbocycles. The molecule has 2 aromatic rings. The first-order chi connectivity index (χ1) is 10.4. The van der Waals surface area contributed by atoms with Crippen LogP contribution in [0.25, 0.3) is 0 Å². The maximum Gasteiger partial charge on any atom is 0.418 e. The fourth-order valence-corrected chi connectivity index (χ4v) is 2.44. The number of anilines is 1. The number of hydrogen-bond acceptors (Lipinski definition) is 3. The van der Waals surface area contributed by atoms with Gasteiger partial charge in [-0.2, -0.15) is 13.2 Å². The maximum atomic E-state index is 13.1. The first kappa shape index (κ1) is 14.7. The van der Waals surface area contributed by atoms with Crippen molar-refractivity contribution in [3.8, 4) is 0 Å². The molecule has 114 valence electrons. The van der Waals surface area contributed by atoms with Crippen molar-refractivity contribution in [2.75, 3.05) is 5.32 Å². The highest BCUT2D eigenvalue weighted by atomic mass is 35.5. The van der Waals surface area contributed by atoms with Crippen molar-refractivity contribution in [2.45, 2.75) is 12.4 Å². The van der Waals surface area contributed by atoms with Crippen LogP contribution in [0.3, 0.4) is 0 Å². The van der Waals surface area contributed by atoms with Crippen molar-refractivity contribution >= 4 is 23.3 Å². The Labute approximate surface area is 128 Å². The lowest BCUT2D eigenvalue weighted by atomic mass is 10.1. The second-order valence-corrected chi connectivity index (χ2v) is 5.14. The third-order valence-corrected chi connectivity index (χ3v) is 3.50. The van der Waals surface area contributed by atoms with E-state index in [9.17, 15) is 18.0 Å². The molecule has 0 amide bonds. The van der Waals surface area contributed by atoms with E-state index in [0.717, 1.165) is 6.07 Å². The fraction of sp³-hybridized carbons (Fsp3) is 0.133. The number of carbonyl (C=O) groups excluding carboxylic acids is 1. The highest BCUT2D eigenvalue weighted by Gasteiger charge is 2.36. The standard InChI is InChI=1S/C15H9ClF3NO2/c16-8-5-6-12(11(7-8)15(17,18)19)20-13-9-3-1-2-4-10(9)14(21)22-13/h1-7,13,20H. The second-order valence-electron chi connectivity index (χ2n) is 4.70.